The summed E-state index contributed by atoms with van der Waals surface area (Å²) in [7, 11) is 0. The first kappa shape index (κ1) is 20.8. The number of rotatable bonds is 7. The van der Waals surface area contributed by atoms with Gasteiger partial charge in [0.25, 0.3) is 5.91 Å². The van der Waals surface area contributed by atoms with E-state index in [9.17, 15) is 14.4 Å². The van der Waals surface area contributed by atoms with E-state index >= 15 is 0 Å². The molecular formula is C24H23N3O3. The van der Waals surface area contributed by atoms with E-state index in [2.05, 4.69) is 16.0 Å². The second kappa shape index (κ2) is 10.0. The molecule has 1 unspecified atom stereocenters. The molecule has 0 radical (unpaired) electrons. The molecule has 3 aromatic carbocycles. The minimum absolute atomic E-state index is 0.0625. The monoisotopic (exact) mass is 401 g/mol. The van der Waals surface area contributed by atoms with Gasteiger partial charge in [-0.05, 0) is 35.9 Å². The van der Waals surface area contributed by atoms with Gasteiger partial charge in [-0.1, -0.05) is 54.6 Å². The minimum atomic E-state index is -0.488. The number of nitrogens with one attached hydrogen (secondary N) is 3. The van der Waals surface area contributed by atoms with E-state index in [1.807, 2.05) is 36.4 Å². The largest absolute Gasteiger partial charge is 0.345 e. The van der Waals surface area contributed by atoms with Gasteiger partial charge in [0.1, 0.15) is 0 Å². The fourth-order valence-corrected chi connectivity index (χ4v) is 3.04. The Morgan fingerprint density at radius 2 is 1.37 bits per heavy atom. The van der Waals surface area contributed by atoms with Gasteiger partial charge in [-0.3, -0.25) is 14.4 Å². The SMILES string of the molecule is CC(=O)Nc1cccc(NC(=O)CC(NC(=O)c2ccccc2)c2ccccc2)c1. The lowest BCUT2D eigenvalue weighted by atomic mass is 10.0. The van der Waals surface area contributed by atoms with Gasteiger partial charge in [0.2, 0.25) is 11.8 Å². The zero-order valence-corrected chi connectivity index (χ0v) is 16.6. The zero-order chi connectivity index (χ0) is 21.3. The Bertz CT molecular complexity index is 1020. The van der Waals surface area contributed by atoms with Crippen LogP contribution in [0.5, 0.6) is 0 Å². The smallest absolute Gasteiger partial charge is 0.251 e. The third kappa shape index (κ3) is 6.04. The lowest BCUT2D eigenvalue weighted by Gasteiger charge is -2.19. The predicted molar refractivity (Wildman–Crippen MR) is 117 cm³/mol. The fraction of sp³-hybridized carbons (Fsp3) is 0.125. The van der Waals surface area contributed by atoms with Crippen molar-refractivity contribution in [3.8, 4) is 0 Å². The molecule has 3 amide bonds. The third-order valence-electron chi connectivity index (χ3n) is 4.40. The summed E-state index contributed by atoms with van der Waals surface area (Å²) >= 11 is 0. The number of hydrogen-bond acceptors (Lipinski definition) is 3. The van der Waals surface area contributed by atoms with E-state index in [-0.39, 0.29) is 24.1 Å². The second-order valence-corrected chi connectivity index (χ2v) is 6.82. The second-order valence-electron chi connectivity index (χ2n) is 6.82. The maximum atomic E-state index is 12.7. The molecule has 0 saturated carbocycles. The van der Waals surface area contributed by atoms with Crippen molar-refractivity contribution in [1.82, 2.24) is 5.32 Å². The van der Waals surface area contributed by atoms with Crippen LogP contribution in [0.15, 0.2) is 84.9 Å². The average molecular weight is 401 g/mol. The summed E-state index contributed by atoms with van der Waals surface area (Å²) < 4.78 is 0. The molecule has 1 atom stereocenters. The standard InChI is InChI=1S/C24H23N3O3/c1-17(28)25-20-13-8-14-21(15-20)26-23(29)16-22(18-9-4-2-5-10-18)27-24(30)19-11-6-3-7-12-19/h2-15,22H,16H2,1H3,(H,25,28)(H,26,29)(H,27,30). The summed E-state index contributed by atoms with van der Waals surface area (Å²) in [6.45, 7) is 1.42. The van der Waals surface area contributed by atoms with Crippen molar-refractivity contribution in [3.05, 3.63) is 96.1 Å². The van der Waals surface area contributed by atoms with Crippen molar-refractivity contribution in [2.75, 3.05) is 10.6 Å². The number of carbonyl (C=O) groups is 3. The Morgan fingerprint density at radius 1 is 0.767 bits per heavy atom. The number of benzene rings is 3. The summed E-state index contributed by atoms with van der Waals surface area (Å²) in [5.41, 5.74) is 2.52. The van der Waals surface area contributed by atoms with E-state index in [0.717, 1.165) is 5.56 Å². The Morgan fingerprint density at radius 3 is 2.00 bits per heavy atom. The van der Waals surface area contributed by atoms with Crippen LogP contribution in [-0.4, -0.2) is 17.7 Å². The van der Waals surface area contributed by atoms with Crippen LogP contribution in [0.25, 0.3) is 0 Å². The highest BCUT2D eigenvalue weighted by atomic mass is 16.2. The molecule has 6 nitrogen and oxygen atoms in total. The molecule has 6 heteroatoms. The van der Waals surface area contributed by atoms with E-state index in [0.29, 0.717) is 16.9 Å². The number of anilines is 2. The zero-order valence-electron chi connectivity index (χ0n) is 16.6. The van der Waals surface area contributed by atoms with Crippen LogP contribution < -0.4 is 16.0 Å². The molecule has 30 heavy (non-hydrogen) atoms. The van der Waals surface area contributed by atoms with Gasteiger partial charge in [-0.15, -0.1) is 0 Å². The Labute approximate surface area is 175 Å². The van der Waals surface area contributed by atoms with E-state index in [4.69, 9.17) is 0 Å². The van der Waals surface area contributed by atoms with Crippen LogP contribution in [0, 0.1) is 0 Å². The highest BCUT2D eigenvalue weighted by Gasteiger charge is 2.19. The summed E-state index contributed by atoms with van der Waals surface area (Å²) in [5.74, 6) is -0.687. The summed E-state index contributed by atoms with van der Waals surface area (Å²) in [6.07, 6.45) is 0.0625. The Balaban J connectivity index is 1.72. The molecule has 152 valence electrons. The maximum Gasteiger partial charge on any atom is 0.251 e. The highest BCUT2D eigenvalue weighted by molar-refractivity contribution is 5.96. The van der Waals surface area contributed by atoms with Crippen molar-refractivity contribution in [3.63, 3.8) is 0 Å². The molecule has 3 rings (SSSR count). The lowest BCUT2D eigenvalue weighted by Crippen LogP contribution is -2.31. The van der Waals surface area contributed by atoms with Crippen LogP contribution in [0.2, 0.25) is 0 Å². The first-order valence-corrected chi connectivity index (χ1v) is 9.59. The van der Waals surface area contributed by atoms with Gasteiger partial charge in [0.05, 0.1) is 12.5 Å². The Kier molecular flexibility index (Phi) is 6.95. The lowest BCUT2D eigenvalue weighted by molar-refractivity contribution is -0.116. The van der Waals surface area contributed by atoms with Gasteiger partial charge < -0.3 is 16.0 Å². The summed E-state index contributed by atoms with van der Waals surface area (Å²) in [6, 6.07) is 24.7. The summed E-state index contributed by atoms with van der Waals surface area (Å²) in [5, 5.41) is 8.46. The van der Waals surface area contributed by atoms with Crippen molar-refractivity contribution in [1.29, 1.82) is 0 Å². The summed E-state index contributed by atoms with van der Waals surface area (Å²) in [4.78, 5) is 36.6. The van der Waals surface area contributed by atoms with Crippen LogP contribution in [0.1, 0.15) is 35.3 Å². The minimum Gasteiger partial charge on any atom is -0.345 e. The molecule has 0 heterocycles. The van der Waals surface area contributed by atoms with E-state index in [1.54, 1.807) is 48.5 Å². The first-order chi connectivity index (χ1) is 14.5. The number of carbonyl (C=O) groups excluding carboxylic acids is 3. The van der Waals surface area contributed by atoms with Crippen molar-refractivity contribution < 1.29 is 14.4 Å². The van der Waals surface area contributed by atoms with Crippen molar-refractivity contribution in [2.24, 2.45) is 0 Å². The number of hydrogen-bond donors (Lipinski definition) is 3. The first-order valence-electron chi connectivity index (χ1n) is 9.59. The Hall–Kier alpha value is -3.93. The van der Waals surface area contributed by atoms with Crippen molar-refractivity contribution in [2.45, 2.75) is 19.4 Å². The highest BCUT2D eigenvalue weighted by Crippen LogP contribution is 2.20. The molecule has 0 spiro atoms. The van der Waals surface area contributed by atoms with Crippen LogP contribution in [0.4, 0.5) is 11.4 Å². The number of amides is 3. The van der Waals surface area contributed by atoms with Crippen molar-refractivity contribution >= 4 is 29.1 Å². The van der Waals surface area contributed by atoms with Crippen LogP contribution in [-0.2, 0) is 9.59 Å². The molecular weight excluding hydrogens is 378 g/mol. The molecule has 0 aromatic heterocycles. The predicted octanol–water partition coefficient (Wildman–Crippen LogP) is 4.14. The van der Waals surface area contributed by atoms with E-state index < -0.39 is 6.04 Å². The fourth-order valence-electron chi connectivity index (χ4n) is 3.04. The quantitative estimate of drug-likeness (QED) is 0.556. The third-order valence-corrected chi connectivity index (χ3v) is 4.40. The van der Waals surface area contributed by atoms with E-state index in [1.165, 1.54) is 6.92 Å². The normalized spacial score (nSPS) is 11.2. The van der Waals surface area contributed by atoms with Gasteiger partial charge in [0, 0.05) is 23.9 Å². The topological polar surface area (TPSA) is 87.3 Å². The molecule has 3 N–H and O–H groups in total. The average Bonchev–Trinajstić information content (AvgIpc) is 2.74. The molecule has 0 aliphatic heterocycles. The molecule has 0 aliphatic rings. The van der Waals surface area contributed by atoms with Gasteiger partial charge >= 0.3 is 0 Å². The molecule has 0 bridgehead atoms. The van der Waals surface area contributed by atoms with Crippen LogP contribution in [0.3, 0.4) is 0 Å². The molecule has 0 fully saturated rings. The molecule has 0 saturated heterocycles. The van der Waals surface area contributed by atoms with Gasteiger partial charge in [-0.2, -0.15) is 0 Å². The van der Waals surface area contributed by atoms with Crippen LogP contribution >= 0.6 is 0 Å². The van der Waals surface area contributed by atoms with Gasteiger partial charge in [-0.25, -0.2) is 0 Å². The molecule has 3 aromatic rings. The maximum absolute atomic E-state index is 12.7. The molecule has 0 aliphatic carbocycles. The van der Waals surface area contributed by atoms with Gasteiger partial charge in [0.15, 0.2) is 0 Å².